The van der Waals surface area contributed by atoms with Crippen molar-refractivity contribution in [1.82, 2.24) is 0 Å². The highest BCUT2D eigenvalue weighted by atomic mass is 127. The monoisotopic (exact) mass is 244 g/mol. The van der Waals surface area contributed by atoms with Crippen molar-refractivity contribution >= 4 is 29.1 Å². The van der Waals surface area contributed by atoms with Crippen LogP contribution in [0.2, 0.25) is 0 Å². The van der Waals surface area contributed by atoms with Crippen LogP contribution in [0.25, 0.3) is 0 Å². The quantitative estimate of drug-likeness (QED) is 0.246. The highest BCUT2D eigenvalue weighted by molar-refractivity contribution is 14.1. The zero-order chi connectivity index (χ0) is 7.28. The second kappa shape index (κ2) is 4.99. The third-order valence-corrected chi connectivity index (χ3v) is 1.91. The van der Waals surface area contributed by atoms with Crippen molar-refractivity contribution < 1.29 is 14.6 Å². The fourth-order valence-corrected chi connectivity index (χ4v) is 0.307. The number of hydrogen-bond acceptors (Lipinski definition) is 3. The first-order chi connectivity index (χ1) is 4.18. The molecular weight excluding hydrogens is 235 g/mol. The van der Waals surface area contributed by atoms with Crippen LogP contribution in [0.1, 0.15) is 13.8 Å². The molecule has 0 aromatic heterocycles. The fourth-order valence-electron chi connectivity index (χ4n) is 0.187. The van der Waals surface area contributed by atoms with Gasteiger partial charge in [0, 0.05) is 3.92 Å². The number of rotatable bonds is 4. The third kappa shape index (κ3) is 4.65. The van der Waals surface area contributed by atoms with E-state index in [1.165, 1.54) is 0 Å². The summed E-state index contributed by atoms with van der Waals surface area (Å²) < 4.78 is 0.336. The lowest BCUT2D eigenvalue weighted by Crippen LogP contribution is -2.17. The maximum Gasteiger partial charge on any atom is 0.330 e. The number of alkyl halides is 1. The summed E-state index contributed by atoms with van der Waals surface area (Å²) in [5.74, 6) is 0. The molecule has 0 aliphatic heterocycles. The van der Waals surface area contributed by atoms with E-state index in [9.17, 15) is 4.79 Å². The molecule has 0 radical (unpaired) electrons. The molecule has 0 aliphatic carbocycles. The summed E-state index contributed by atoms with van der Waals surface area (Å²) in [7, 11) is 0. The molecule has 3 nitrogen and oxygen atoms in total. The van der Waals surface area contributed by atoms with Crippen molar-refractivity contribution in [3.8, 4) is 0 Å². The van der Waals surface area contributed by atoms with Crippen LogP contribution in [0.15, 0.2) is 0 Å². The van der Waals surface area contributed by atoms with E-state index in [1.54, 1.807) is 0 Å². The van der Waals surface area contributed by atoms with Gasteiger partial charge in [-0.1, -0.05) is 29.5 Å². The van der Waals surface area contributed by atoms with Crippen LogP contribution in [0.3, 0.4) is 0 Å². The van der Waals surface area contributed by atoms with Crippen LogP contribution in [0.4, 0.5) is 0 Å². The van der Waals surface area contributed by atoms with Gasteiger partial charge in [0.2, 0.25) is 0 Å². The van der Waals surface area contributed by atoms with Crippen molar-refractivity contribution in [3.63, 3.8) is 0 Å². The molecule has 0 rings (SSSR count). The first-order valence-corrected chi connectivity index (χ1v) is 3.83. The van der Waals surface area contributed by atoms with Crippen molar-refractivity contribution in [3.05, 3.63) is 0 Å². The summed E-state index contributed by atoms with van der Waals surface area (Å²) in [4.78, 5) is 18.2. The number of halogens is 1. The van der Waals surface area contributed by atoms with E-state index in [1.807, 2.05) is 13.8 Å². The molecule has 0 saturated carbocycles. The zero-order valence-corrected chi connectivity index (χ0v) is 7.49. The van der Waals surface area contributed by atoms with Gasteiger partial charge in [-0.2, -0.15) is 4.89 Å². The Bertz CT molecular complexity index is 84.3. The number of hydrogen-bond donors (Lipinski definition) is 0. The Hall–Kier alpha value is 0.160. The molecule has 9 heavy (non-hydrogen) atoms. The molecule has 4 heteroatoms. The van der Waals surface area contributed by atoms with Crippen LogP contribution >= 0.6 is 22.6 Å². The molecule has 0 N–H and O–H groups in total. The minimum atomic E-state index is -0.0456. The smallest absolute Gasteiger partial charge is 0.301 e. The van der Waals surface area contributed by atoms with E-state index >= 15 is 0 Å². The second-order valence-electron chi connectivity index (χ2n) is 1.67. The molecule has 0 fully saturated rings. The number of carbonyl (C=O) groups is 1. The van der Waals surface area contributed by atoms with Crippen LogP contribution in [-0.2, 0) is 14.6 Å². The lowest BCUT2D eigenvalue weighted by Gasteiger charge is -2.10. The van der Waals surface area contributed by atoms with Crippen LogP contribution in [0.5, 0.6) is 0 Å². The highest BCUT2D eigenvalue weighted by Gasteiger charge is 2.08. The highest BCUT2D eigenvalue weighted by Crippen LogP contribution is 2.07. The SMILES string of the molecule is CC(I)C(C)OOC=O. The molecule has 2 unspecified atom stereocenters. The molecule has 0 amide bonds. The standard InChI is InChI=1S/C5H9IO3/c1-4(6)5(2)9-8-3-7/h3-5H,1-2H3. The summed E-state index contributed by atoms with van der Waals surface area (Å²) in [5.41, 5.74) is 0. The van der Waals surface area contributed by atoms with E-state index in [2.05, 4.69) is 32.4 Å². The Kier molecular flexibility index (Phi) is 5.07. The molecule has 0 aliphatic rings. The summed E-state index contributed by atoms with van der Waals surface area (Å²) in [5, 5.41) is 0. The molecule has 54 valence electrons. The average molecular weight is 244 g/mol. The maximum atomic E-state index is 9.58. The minimum absolute atomic E-state index is 0.0456. The topological polar surface area (TPSA) is 35.5 Å². The Labute approximate surface area is 67.8 Å². The van der Waals surface area contributed by atoms with E-state index < -0.39 is 0 Å². The zero-order valence-electron chi connectivity index (χ0n) is 5.33. The average Bonchev–Trinajstić information content (AvgIpc) is 1.82. The Balaban J connectivity index is 3.26. The molecule has 0 aromatic rings. The molecule has 0 saturated heterocycles. The van der Waals surface area contributed by atoms with Crippen molar-refractivity contribution in [1.29, 1.82) is 0 Å². The fraction of sp³-hybridized carbons (Fsp3) is 0.800. The first-order valence-electron chi connectivity index (χ1n) is 2.58. The van der Waals surface area contributed by atoms with Gasteiger partial charge >= 0.3 is 6.47 Å². The summed E-state index contributed by atoms with van der Waals surface area (Å²) >= 11 is 2.19. The predicted octanol–water partition coefficient (Wildman–Crippen LogP) is 1.30. The van der Waals surface area contributed by atoms with Crippen molar-refractivity contribution in [2.75, 3.05) is 0 Å². The van der Waals surface area contributed by atoms with Gasteiger partial charge in [-0.25, -0.2) is 0 Å². The summed E-state index contributed by atoms with van der Waals surface area (Å²) in [6.07, 6.45) is -0.0456. The summed E-state index contributed by atoms with van der Waals surface area (Å²) in [6.45, 7) is 4.08. The van der Waals surface area contributed by atoms with E-state index in [0.29, 0.717) is 3.92 Å². The van der Waals surface area contributed by atoms with Gasteiger partial charge in [0.05, 0.1) is 0 Å². The molecule has 0 spiro atoms. The Morgan fingerprint density at radius 3 is 2.44 bits per heavy atom. The van der Waals surface area contributed by atoms with E-state index in [4.69, 9.17) is 0 Å². The van der Waals surface area contributed by atoms with Gasteiger partial charge in [0.1, 0.15) is 6.10 Å². The first kappa shape index (κ1) is 9.16. The van der Waals surface area contributed by atoms with Crippen LogP contribution in [-0.4, -0.2) is 16.5 Å². The van der Waals surface area contributed by atoms with Crippen LogP contribution in [0, 0.1) is 0 Å². The minimum Gasteiger partial charge on any atom is -0.301 e. The van der Waals surface area contributed by atoms with Crippen molar-refractivity contribution in [2.24, 2.45) is 0 Å². The largest absolute Gasteiger partial charge is 0.330 e. The maximum absolute atomic E-state index is 9.58. The lowest BCUT2D eigenvalue weighted by atomic mass is 10.3. The lowest BCUT2D eigenvalue weighted by molar-refractivity contribution is -0.281. The molecule has 2 atom stereocenters. The van der Waals surface area contributed by atoms with Gasteiger partial charge in [-0.15, -0.1) is 0 Å². The Morgan fingerprint density at radius 2 is 2.11 bits per heavy atom. The van der Waals surface area contributed by atoms with Gasteiger partial charge in [0.15, 0.2) is 0 Å². The van der Waals surface area contributed by atoms with Gasteiger partial charge < -0.3 is 4.89 Å². The normalized spacial score (nSPS) is 16.3. The van der Waals surface area contributed by atoms with E-state index in [-0.39, 0.29) is 12.6 Å². The van der Waals surface area contributed by atoms with E-state index in [0.717, 1.165) is 0 Å². The molecule has 0 bridgehead atoms. The van der Waals surface area contributed by atoms with Crippen LogP contribution < -0.4 is 0 Å². The van der Waals surface area contributed by atoms with Gasteiger partial charge in [-0.3, -0.25) is 4.79 Å². The Morgan fingerprint density at radius 1 is 1.56 bits per heavy atom. The second-order valence-corrected chi connectivity index (χ2v) is 3.64. The van der Waals surface area contributed by atoms with Crippen molar-refractivity contribution in [2.45, 2.75) is 23.9 Å². The predicted molar refractivity (Wildman–Crippen MR) is 41.2 cm³/mol. The van der Waals surface area contributed by atoms with Gasteiger partial charge in [0.25, 0.3) is 0 Å². The molecular formula is C5H9IO3. The summed E-state index contributed by atoms with van der Waals surface area (Å²) in [6, 6.07) is 0. The third-order valence-electron chi connectivity index (χ3n) is 0.893. The number of carbonyl (C=O) groups excluding carboxylic acids is 1. The molecule has 0 heterocycles. The molecule has 0 aromatic carbocycles. The van der Waals surface area contributed by atoms with Gasteiger partial charge in [-0.05, 0) is 6.92 Å².